The first-order valence-corrected chi connectivity index (χ1v) is 9.43. The van der Waals surface area contributed by atoms with E-state index in [0.717, 1.165) is 6.07 Å². The number of alkyl halides is 1. The summed E-state index contributed by atoms with van der Waals surface area (Å²) < 4.78 is 37.4. The Labute approximate surface area is 168 Å². The SMILES string of the molecule is CC(C)(C)[C@]1(OC(N)=O)CC[C@H](Nc2nc(OCCF)c(C(N)=O)cc2F)CC1. The van der Waals surface area contributed by atoms with Gasteiger partial charge in [-0.05, 0) is 31.7 Å². The maximum absolute atomic E-state index is 14.4. The Bertz CT molecular complexity index is 759. The van der Waals surface area contributed by atoms with Gasteiger partial charge in [-0.25, -0.2) is 13.6 Å². The molecule has 1 fully saturated rings. The van der Waals surface area contributed by atoms with E-state index < -0.39 is 30.1 Å². The lowest BCUT2D eigenvalue weighted by molar-refractivity contribution is -0.0905. The van der Waals surface area contributed by atoms with Crippen LogP contribution < -0.4 is 21.5 Å². The minimum atomic E-state index is -0.923. The summed E-state index contributed by atoms with van der Waals surface area (Å²) in [5, 5.41) is 2.99. The van der Waals surface area contributed by atoms with Crippen LogP contribution in [0.1, 0.15) is 56.8 Å². The van der Waals surface area contributed by atoms with Crippen molar-refractivity contribution in [2.45, 2.75) is 58.1 Å². The van der Waals surface area contributed by atoms with E-state index in [0.29, 0.717) is 25.7 Å². The summed E-state index contributed by atoms with van der Waals surface area (Å²) in [5.41, 5.74) is 9.17. The van der Waals surface area contributed by atoms with Crippen molar-refractivity contribution < 1.29 is 27.8 Å². The van der Waals surface area contributed by atoms with E-state index in [2.05, 4.69) is 10.3 Å². The molecule has 0 bridgehead atoms. The molecule has 29 heavy (non-hydrogen) atoms. The molecule has 1 saturated carbocycles. The molecule has 10 heteroatoms. The van der Waals surface area contributed by atoms with Crippen molar-refractivity contribution in [2.75, 3.05) is 18.6 Å². The summed E-state index contributed by atoms with van der Waals surface area (Å²) in [6.07, 6.45) is 1.39. The van der Waals surface area contributed by atoms with Crippen LogP contribution in [0.25, 0.3) is 0 Å². The minimum absolute atomic E-state index is 0.118. The molecule has 0 unspecified atom stereocenters. The monoisotopic (exact) mass is 414 g/mol. The number of anilines is 1. The summed E-state index contributed by atoms with van der Waals surface area (Å²) in [6.45, 7) is 4.80. The number of halogens is 2. The molecular weight excluding hydrogens is 386 g/mol. The lowest BCUT2D eigenvalue weighted by atomic mass is 9.67. The third-order valence-electron chi connectivity index (χ3n) is 5.32. The summed E-state index contributed by atoms with van der Waals surface area (Å²) in [6, 6.07) is 0.765. The molecule has 0 aromatic carbocycles. The molecule has 162 valence electrons. The van der Waals surface area contributed by atoms with Crippen molar-refractivity contribution in [1.82, 2.24) is 4.98 Å². The van der Waals surface area contributed by atoms with Crippen LogP contribution in [0, 0.1) is 11.2 Å². The van der Waals surface area contributed by atoms with Gasteiger partial charge in [-0.15, -0.1) is 0 Å². The predicted octanol–water partition coefficient (Wildman–Crippen LogP) is 2.90. The molecular formula is C19H28F2N4O4. The second-order valence-electron chi connectivity index (χ2n) is 8.16. The molecule has 0 radical (unpaired) electrons. The summed E-state index contributed by atoms with van der Waals surface area (Å²) >= 11 is 0. The fourth-order valence-electron chi connectivity index (χ4n) is 3.61. The second kappa shape index (κ2) is 8.79. The number of carbonyl (C=O) groups excluding carboxylic acids is 2. The number of pyridine rings is 1. The van der Waals surface area contributed by atoms with Crippen LogP contribution in [-0.2, 0) is 4.74 Å². The number of rotatable bonds is 7. The molecule has 8 nitrogen and oxygen atoms in total. The first-order valence-electron chi connectivity index (χ1n) is 9.43. The summed E-state index contributed by atoms with van der Waals surface area (Å²) in [7, 11) is 0. The van der Waals surface area contributed by atoms with Crippen molar-refractivity contribution in [1.29, 1.82) is 0 Å². The molecule has 0 atom stereocenters. The molecule has 1 aliphatic carbocycles. The van der Waals surface area contributed by atoms with Crippen LogP contribution in [0.2, 0.25) is 0 Å². The molecule has 0 aliphatic heterocycles. The van der Waals surface area contributed by atoms with Crippen LogP contribution in [0.4, 0.5) is 19.4 Å². The van der Waals surface area contributed by atoms with Crippen LogP contribution in [0.3, 0.4) is 0 Å². The van der Waals surface area contributed by atoms with Gasteiger partial charge in [0.05, 0.1) is 0 Å². The Kier molecular flexibility index (Phi) is 6.86. The number of primary amides is 2. The van der Waals surface area contributed by atoms with E-state index in [1.165, 1.54) is 0 Å². The normalized spacial score (nSPS) is 22.0. The molecule has 5 N–H and O–H groups in total. The molecule has 1 aromatic rings. The average Bonchev–Trinajstić information content (AvgIpc) is 2.62. The van der Waals surface area contributed by atoms with Gasteiger partial charge in [0.15, 0.2) is 11.6 Å². The molecule has 1 aromatic heterocycles. The number of hydrogen-bond acceptors (Lipinski definition) is 6. The van der Waals surface area contributed by atoms with Gasteiger partial charge >= 0.3 is 6.09 Å². The smallest absolute Gasteiger partial charge is 0.405 e. The zero-order valence-corrected chi connectivity index (χ0v) is 16.9. The topological polar surface area (TPSA) is 130 Å². The highest BCUT2D eigenvalue weighted by molar-refractivity contribution is 5.95. The van der Waals surface area contributed by atoms with Gasteiger partial charge in [0.2, 0.25) is 5.88 Å². The lowest BCUT2D eigenvalue weighted by Crippen LogP contribution is -2.51. The highest BCUT2D eigenvalue weighted by atomic mass is 19.1. The minimum Gasteiger partial charge on any atom is -0.474 e. The Morgan fingerprint density at radius 2 is 1.93 bits per heavy atom. The third-order valence-corrected chi connectivity index (χ3v) is 5.32. The van der Waals surface area contributed by atoms with E-state index in [4.69, 9.17) is 20.9 Å². The van der Waals surface area contributed by atoms with Crippen molar-refractivity contribution in [3.8, 4) is 5.88 Å². The van der Waals surface area contributed by atoms with Crippen molar-refractivity contribution in [3.05, 3.63) is 17.4 Å². The Balaban J connectivity index is 2.17. The van der Waals surface area contributed by atoms with Gasteiger partial charge in [-0.2, -0.15) is 4.98 Å². The molecule has 1 heterocycles. The third kappa shape index (κ3) is 5.24. The largest absolute Gasteiger partial charge is 0.474 e. The lowest BCUT2D eigenvalue weighted by Gasteiger charge is -2.47. The van der Waals surface area contributed by atoms with Gasteiger partial charge in [-0.1, -0.05) is 20.8 Å². The number of ether oxygens (including phenoxy) is 2. The van der Waals surface area contributed by atoms with E-state index >= 15 is 0 Å². The highest BCUT2D eigenvalue weighted by Gasteiger charge is 2.47. The van der Waals surface area contributed by atoms with Crippen LogP contribution in [-0.4, -0.2) is 41.9 Å². The van der Waals surface area contributed by atoms with Crippen molar-refractivity contribution >= 4 is 17.8 Å². The summed E-state index contributed by atoms with van der Waals surface area (Å²) in [5.74, 6) is -2.04. The van der Waals surface area contributed by atoms with Crippen molar-refractivity contribution in [2.24, 2.45) is 16.9 Å². The molecule has 2 amide bonds. The predicted molar refractivity (Wildman–Crippen MR) is 103 cm³/mol. The number of nitrogens with one attached hydrogen (secondary N) is 1. The first kappa shape index (κ1) is 22.6. The maximum Gasteiger partial charge on any atom is 0.405 e. The Morgan fingerprint density at radius 3 is 2.41 bits per heavy atom. The van der Waals surface area contributed by atoms with Gasteiger partial charge in [0, 0.05) is 11.5 Å². The molecule has 0 saturated heterocycles. The number of amides is 2. The average molecular weight is 414 g/mol. The number of hydrogen-bond donors (Lipinski definition) is 3. The summed E-state index contributed by atoms with van der Waals surface area (Å²) in [4.78, 5) is 26.8. The van der Waals surface area contributed by atoms with Crippen LogP contribution >= 0.6 is 0 Å². The van der Waals surface area contributed by atoms with Crippen LogP contribution in [0.5, 0.6) is 5.88 Å². The molecule has 1 aliphatic rings. The fourth-order valence-corrected chi connectivity index (χ4v) is 3.61. The molecule has 2 rings (SSSR count). The van der Waals surface area contributed by atoms with Crippen LogP contribution in [0.15, 0.2) is 6.07 Å². The zero-order valence-electron chi connectivity index (χ0n) is 16.9. The van der Waals surface area contributed by atoms with Gasteiger partial charge < -0.3 is 26.3 Å². The maximum atomic E-state index is 14.4. The second-order valence-corrected chi connectivity index (χ2v) is 8.16. The Hall–Kier alpha value is -2.65. The Morgan fingerprint density at radius 1 is 1.31 bits per heavy atom. The number of nitrogens with zero attached hydrogens (tertiary/aromatic N) is 1. The van der Waals surface area contributed by atoms with E-state index in [9.17, 15) is 18.4 Å². The zero-order chi connectivity index (χ0) is 21.8. The van der Waals surface area contributed by atoms with Gasteiger partial charge in [0.25, 0.3) is 5.91 Å². The number of aromatic nitrogens is 1. The number of carbonyl (C=O) groups is 2. The number of nitrogens with two attached hydrogens (primary N) is 2. The van der Waals surface area contributed by atoms with Crippen molar-refractivity contribution in [3.63, 3.8) is 0 Å². The van der Waals surface area contributed by atoms with E-state index in [1.807, 2.05) is 20.8 Å². The quantitative estimate of drug-likeness (QED) is 0.629. The van der Waals surface area contributed by atoms with Gasteiger partial charge in [0.1, 0.15) is 24.4 Å². The van der Waals surface area contributed by atoms with E-state index in [1.54, 1.807) is 0 Å². The first-order chi connectivity index (χ1) is 13.5. The fraction of sp³-hybridized carbons (Fsp3) is 0.632. The molecule has 0 spiro atoms. The van der Waals surface area contributed by atoms with Gasteiger partial charge in [-0.3, -0.25) is 4.79 Å². The van der Waals surface area contributed by atoms with E-state index in [-0.39, 0.29) is 35.3 Å². The standard InChI is InChI=1S/C19H28F2N4O4/c1-18(2,3)19(29-17(23)27)6-4-11(5-7-19)24-15-13(21)10-12(14(22)26)16(25-15)28-9-8-20/h10-11H,4-9H2,1-3H3,(H2,22,26)(H2,23,27)(H,24,25)/t11-,19-. The highest BCUT2D eigenvalue weighted by Crippen LogP contribution is 2.45.